The molecule has 0 saturated heterocycles. The van der Waals surface area contributed by atoms with E-state index in [-0.39, 0.29) is 0 Å². The summed E-state index contributed by atoms with van der Waals surface area (Å²) < 4.78 is 5.82. The predicted octanol–water partition coefficient (Wildman–Crippen LogP) is 1.80. The molecule has 20 heavy (non-hydrogen) atoms. The zero-order valence-corrected chi connectivity index (χ0v) is 13.1. The SMILES string of the molecule is CCCN(CCOc1cccc(CN)c1)CCN(C)C. The highest BCUT2D eigenvalue weighted by atomic mass is 16.5. The fourth-order valence-electron chi connectivity index (χ4n) is 2.05. The highest BCUT2D eigenvalue weighted by molar-refractivity contribution is 5.28. The summed E-state index contributed by atoms with van der Waals surface area (Å²) >= 11 is 0. The number of benzene rings is 1. The topological polar surface area (TPSA) is 41.7 Å². The minimum atomic E-state index is 0.558. The molecule has 0 aliphatic carbocycles. The van der Waals surface area contributed by atoms with Crippen LogP contribution in [0.3, 0.4) is 0 Å². The standard InChI is InChI=1S/C16H29N3O/c1-4-8-19(10-9-18(2)3)11-12-20-16-7-5-6-15(13-16)14-17/h5-7,13H,4,8-12,14,17H2,1-3H3. The maximum absolute atomic E-state index is 5.82. The van der Waals surface area contributed by atoms with E-state index in [0.29, 0.717) is 6.54 Å². The molecule has 2 N–H and O–H groups in total. The third-order valence-electron chi connectivity index (χ3n) is 3.21. The number of nitrogens with zero attached hydrogens (tertiary/aromatic N) is 2. The Morgan fingerprint density at radius 1 is 1.10 bits per heavy atom. The molecule has 0 heterocycles. The normalized spacial score (nSPS) is 11.3. The van der Waals surface area contributed by atoms with Crippen molar-refractivity contribution in [1.82, 2.24) is 9.80 Å². The predicted molar refractivity (Wildman–Crippen MR) is 85.1 cm³/mol. The molecule has 4 nitrogen and oxygen atoms in total. The Balaban J connectivity index is 2.34. The molecule has 0 aliphatic heterocycles. The molecule has 1 rings (SSSR count). The van der Waals surface area contributed by atoms with Crippen molar-refractivity contribution < 1.29 is 4.74 Å². The first-order valence-corrected chi connectivity index (χ1v) is 7.44. The van der Waals surface area contributed by atoms with E-state index in [1.54, 1.807) is 0 Å². The quantitative estimate of drug-likeness (QED) is 0.709. The van der Waals surface area contributed by atoms with Crippen LogP contribution in [-0.2, 0) is 6.54 Å². The van der Waals surface area contributed by atoms with Crippen molar-refractivity contribution in [1.29, 1.82) is 0 Å². The lowest BCUT2D eigenvalue weighted by Crippen LogP contribution is -2.35. The number of nitrogens with two attached hydrogens (primary N) is 1. The lowest BCUT2D eigenvalue weighted by molar-refractivity contribution is 0.194. The summed E-state index contributed by atoms with van der Waals surface area (Å²) in [6.45, 7) is 7.77. The van der Waals surface area contributed by atoms with Crippen molar-refractivity contribution in [2.45, 2.75) is 19.9 Å². The Morgan fingerprint density at radius 2 is 1.90 bits per heavy atom. The molecule has 0 spiro atoms. The van der Waals surface area contributed by atoms with Gasteiger partial charge in [-0.05, 0) is 44.8 Å². The van der Waals surface area contributed by atoms with E-state index < -0.39 is 0 Å². The molecule has 0 unspecified atom stereocenters. The van der Waals surface area contributed by atoms with Crippen LogP contribution in [0.2, 0.25) is 0 Å². The first kappa shape index (κ1) is 17.0. The fourth-order valence-corrected chi connectivity index (χ4v) is 2.05. The average molecular weight is 279 g/mol. The van der Waals surface area contributed by atoms with Crippen LogP contribution in [0.1, 0.15) is 18.9 Å². The molecular weight excluding hydrogens is 250 g/mol. The first-order chi connectivity index (χ1) is 9.65. The Morgan fingerprint density at radius 3 is 2.55 bits per heavy atom. The Kier molecular flexibility index (Phi) is 8.26. The lowest BCUT2D eigenvalue weighted by atomic mass is 10.2. The van der Waals surface area contributed by atoms with Gasteiger partial charge >= 0.3 is 0 Å². The second kappa shape index (κ2) is 9.75. The molecule has 1 aromatic rings. The van der Waals surface area contributed by atoms with Gasteiger partial charge in [-0.1, -0.05) is 19.1 Å². The summed E-state index contributed by atoms with van der Waals surface area (Å²) in [4.78, 5) is 4.67. The molecule has 0 fully saturated rings. The third-order valence-corrected chi connectivity index (χ3v) is 3.21. The first-order valence-electron chi connectivity index (χ1n) is 7.44. The van der Waals surface area contributed by atoms with Crippen LogP contribution in [-0.4, -0.2) is 56.7 Å². The van der Waals surface area contributed by atoms with Gasteiger partial charge in [0.15, 0.2) is 0 Å². The van der Waals surface area contributed by atoms with E-state index >= 15 is 0 Å². The van der Waals surface area contributed by atoms with Crippen LogP contribution in [0.25, 0.3) is 0 Å². The van der Waals surface area contributed by atoms with Gasteiger partial charge in [0.05, 0.1) is 0 Å². The van der Waals surface area contributed by atoms with Crippen LogP contribution >= 0.6 is 0 Å². The van der Waals surface area contributed by atoms with Crippen LogP contribution < -0.4 is 10.5 Å². The van der Waals surface area contributed by atoms with Crippen molar-refractivity contribution in [3.63, 3.8) is 0 Å². The van der Waals surface area contributed by atoms with Gasteiger partial charge in [0.25, 0.3) is 0 Å². The minimum Gasteiger partial charge on any atom is -0.492 e. The molecule has 0 aromatic heterocycles. The van der Waals surface area contributed by atoms with E-state index in [9.17, 15) is 0 Å². The van der Waals surface area contributed by atoms with Gasteiger partial charge < -0.3 is 15.4 Å². The van der Waals surface area contributed by atoms with E-state index in [2.05, 4.69) is 30.8 Å². The molecule has 0 bridgehead atoms. The molecule has 1 aromatic carbocycles. The van der Waals surface area contributed by atoms with Gasteiger partial charge in [-0.2, -0.15) is 0 Å². The van der Waals surface area contributed by atoms with E-state index in [1.807, 2.05) is 24.3 Å². The monoisotopic (exact) mass is 279 g/mol. The maximum atomic E-state index is 5.82. The highest BCUT2D eigenvalue weighted by Crippen LogP contribution is 2.12. The summed E-state index contributed by atoms with van der Waals surface area (Å²) in [7, 11) is 4.22. The molecule has 114 valence electrons. The maximum Gasteiger partial charge on any atom is 0.119 e. The van der Waals surface area contributed by atoms with Crippen molar-refractivity contribution in [3.8, 4) is 5.75 Å². The zero-order chi connectivity index (χ0) is 14.8. The number of rotatable bonds is 10. The zero-order valence-electron chi connectivity index (χ0n) is 13.1. The smallest absolute Gasteiger partial charge is 0.119 e. The van der Waals surface area contributed by atoms with Gasteiger partial charge in [-0.25, -0.2) is 0 Å². The van der Waals surface area contributed by atoms with Gasteiger partial charge in [0, 0.05) is 26.2 Å². The third kappa shape index (κ3) is 6.89. The average Bonchev–Trinajstić information content (AvgIpc) is 2.45. The summed E-state index contributed by atoms with van der Waals surface area (Å²) in [5.74, 6) is 0.914. The van der Waals surface area contributed by atoms with Crippen LogP contribution in [0.4, 0.5) is 0 Å². The Labute approximate surface area is 123 Å². The summed E-state index contributed by atoms with van der Waals surface area (Å²) in [6.07, 6.45) is 1.18. The summed E-state index contributed by atoms with van der Waals surface area (Å²) in [6, 6.07) is 8.02. The highest BCUT2D eigenvalue weighted by Gasteiger charge is 2.05. The molecule has 0 saturated carbocycles. The van der Waals surface area contributed by atoms with Gasteiger partial charge in [0.2, 0.25) is 0 Å². The van der Waals surface area contributed by atoms with Crippen molar-refractivity contribution in [3.05, 3.63) is 29.8 Å². The van der Waals surface area contributed by atoms with E-state index in [4.69, 9.17) is 10.5 Å². The fraction of sp³-hybridized carbons (Fsp3) is 0.625. The molecular formula is C16H29N3O. The van der Waals surface area contributed by atoms with E-state index in [0.717, 1.165) is 44.1 Å². The summed E-state index contributed by atoms with van der Waals surface area (Å²) in [5, 5.41) is 0. The molecule has 0 amide bonds. The van der Waals surface area contributed by atoms with Gasteiger partial charge in [-0.15, -0.1) is 0 Å². The molecule has 0 aliphatic rings. The summed E-state index contributed by atoms with van der Waals surface area (Å²) in [5.41, 5.74) is 6.75. The van der Waals surface area contributed by atoms with Crippen LogP contribution in [0.15, 0.2) is 24.3 Å². The molecule has 0 radical (unpaired) electrons. The number of hydrogen-bond acceptors (Lipinski definition) is 4. The van der Waals surface area contributed by atoms with Crippen molar-refractivity contribution in [2.24, 2.45) is 5.73 Å². The van der Waals surface area contributed by atoms with Crippen LogP contribution in [0.5, 0.6) is 5.75 Å². The number of likely N-dealkylation sites (N-methyl/N-ethyl adjacent to an activating group) is 1. The minimum absolute atomic E-state index is 0.558. The van der Waals surface area contributed by atoms with Gasteiger partial charge in [-0.3, -0.25) is 4.90 Å². The van der Waals surface area contributed by atoms with Crippen molar-refractivity contribution in [2.75, 3.05) is 46.9 Å². The molecule has 4 heteroatoms. The largest absolute Gasteiger partial charge is 0.492 e. The number of ether oxygens (including phenoxy) is 1. The Bertz CT molecular complexity index is 368. The second-order valence-electron chi connectivity index (χ2n) is 5.34. The van der Waals surface area contributed by atoms with Crippen molar-refractivity contribution >= 4 is 0 Å². The molecule has 0 atom stereocenters. The van der Waals surface area contributed by atoms with E-state index in [1.165, 1.54) is 6.42 Å². The lowest BCUT2D eigenvalue weighted by Gasteiger charge is -2.23. The van der Waals surface area contributed by atoms with Crippen LogP contribution in [0, 0.1) is 0 Å². The number of hydrogen-bond donors (Lipinski definition) is 1. The van der Waals surface area contributed by atoms with Gasteiger partial charge in [0.1, 0.15) is 12.4 Å². The Hall–Kier alpha value is -1.10. The second-order valence-corrected chi connectivity index (χ2v) is 5.34.